The van der Waals surface area contributed by atoms with Crippen LogP contribution in [-0.4, -0.2) is 14.1 Å². The van der Waals surface area contributed by atoms with E-state index in [0.29, 0.717) is 6.61 Å². The van der Waals surface area contributed by atoms with Crippen molar-refractivity contribution in [1.29, 1.82) is 0 Å². The van der Waals surface area contributed by atoms with Crippen LogP contribution < -0.4 is 10.4 Å². The lowest BCUT2D eigenvalue weighted by atomic mass is 9.85. The first-order valence-corrected chi connectivity index (χ1v) is 10.7. The monoisotopic (exact) mass is 375 g/mol. The minimum absolute atomic E-state index is 0.0296. The molecule has 0 aliphatic heterocycles. The predicted octanol–water partition coefficient (Wildman–Crippen LogP) is 3.80. The Morgan fingerprint density at radius 1 is 0.778 bits per heavy atom. The fraction of sp³-hybridized carbons (Fsp3) is 0.250. The molecule has 2 nitrogen and oxygen atoms in total. The van der Waals surface area contributed by atoms with Gasteiger partial charge in [-0.25, -0.2) is 0 Å². The van der Waals surface area contributed by atoms with Crippen LogP contribution >= 0.6 is 0 Å². The maximum Gasteiger partial charge on any atom is 0.283 e. The summed E-state index contributed by atoms with van der Waals surface area (Å²) in [6.45, 7) is 7.14. The van der Waals surface area contributed by atoms with Crippen molar-refractivity contribution in [3.05, 3.63) is 95.6 Å². The summed E-state index contributed by atoms with van der Waals surface area (Å²) >= 11 is 0. The van der Waals surface area contributed by atoms with E-state index in [1.165, 1.54) is 15.9 Å². The highest BCUT2D eigenvalue weighted by atomic mass is 28.3. The van der Waals surface area contributed by atoms with Crippen LogP contribution in [0.25, 0.3) is 0 Å². The average Bonchev–Trinajstić information content (AvgIpc) is 2.69. The van der Waals surface area contributed by atoms with Gasteiger partial charge in [0.25, 0.3) is 9.04 Å². The van der Waals surface area contributed by atoms with E-state index in [1.54, 1.807) is 0 Å². The van der Waals surface area contributed by atoms with Crippen molar-refractivity contribution in [1.82, 2.24) is 0 Å². The highest BCUT2D eigenvalue weighted by Gasteiger charge is 2.21. The van der Waals surface area contributed by atoms with Gasteiger partial charge in [0.15, 0.2) is 0 Å². The summed E-state index contributed by atoms with van der Waals surface area (Å²) < 4.78 is 6.50. The highest BCUT2D eigenvalue weighted by molar-refractivity contribution is 6.80. The van der Waals surface area contributed by atoms with Crippen molar-refractivity contribution in [2.24, 2.45) is 0 Å². The van der Waals surface area contributed by atoms with E-state index in [0.717, 1.165) is 11.1 Å². The topological polar surface area (TPSA) is 29.5 Å². The third-order valence-electron chi connectivity index (χ3n) is 4.69. The first-order valence-electron chi connectivity index (χ1n) is 9.33. The molecule has 0 saturated heterocycles. The summed E-state index contributed by atoms with van der Waals surface area (Å²) in [7, 11) is -1.35. The Kier molecular flexibility index (Phi) is 6.27. The minimum Gasteiger partial charge on any atom is -0.403 e. The maximum absolute atomic E-state index is 9.76. The Bertz CT molecular complexity index is 815. The van der Waals surface area contributed by atoms with Gasteiger partial charge in [0.05, 0.1) is 13.2 Å². The van der Waals surface area contributed by atoms with Gasteiger partial charge in [-0.05, 0) is 32.5 Å². The molecule has 0 atom stereocenters. The third kappa shape index (κ3) is 4.95. The largest absolute Gasteiger partial charge is 0.403 e. The highest BCUT2D eigenvalue weighted by Crippen LogP contribution is 2.25. The van der Waals surface area contributed by atoms with Crippen molar-refractivity contribution >= 4 is 19.4 Å². The molecular formula is C24H27O2Si. The van der Waals surface area contributed by atoms with Crippen LogP contribution in [0.5, 0.6) is 0 Å². The first kappa shape index (κ1) is 19.6. The number of hydrogen-bond acceptors (Lipinski definition) is 2. The number of benzene rings is 3. The standard InChI is InChI=1S/C24H27O2Si/c1-24(2,3)21-15-14-19(17-25)20(16-21)18-26-27(22-10-6-4-7-11-22)23-12-8-5-9-13-23/h4-16,25H,17-18H2,1-3H3. The van der Waals surface area contributed by atoms with Gasteiger partial charge < -0.3 is 9.53 Å². The second-order valence-corrected chi connectivity index (χ2v) is 9.84. The van der Waals surface area contributed by atoms with Crippen LogP contribution in [0, 0.1) is 0 Å². The lowest BCUT2D eigenvalue weighted by molar-refractivity contribution is 0.272. The van der Waals surface area contributed by atoms with Gasteiger partial charge in [0.1, 0.15) is 0 Å². The quantitative estimate of drug-likeness (QED) is 0.664. The fourth-order valence-corrected chi connectivity index (χ4v) is 5.00. The lowest BCUT2D eigenvalue weighted by Crippen LogP contribution is -2.44. The van der Waals surface area contributed by atoms with Crippen LogP contribution in [0.15, 0.2) is 78.9 Å². The molecule has 0 aromatic heterocycles. The average molecular weight is 376 g/mol. The molecule has 3 heteroatoms. The lowest BCUT2D eigenvalue weighted by Gasteiger charge is -2.22. The summed E-state index contributed by atoms with van der Waals surface area (Å²) in [5.74, 6) is 0. The third-order valence-corrected chi connectivity index (χ3v) is 6.84. The molecule has 0 unspecified atom stereocenters. The van der Waals surface area contributed by atoms with Gasteiger partial charge in [-0.2, -0.15) is 0 Å². The summed E-state index contributed by atoms with van der Waals surface area (Å²) in [6, 6.07) is 27.2. The molecule has 139 valence electrons. The molecular weight excluding hydrogens is 348 g/mol. The van der Waals surface area contributed by atoms with E-state index >= 15 is 0 Å². The predicted molar refractivity (Wildman–Crippen MR) is 114 cm³/mol. The molecule has 27 heavy (non-hydrogen) atoms. The maximum atomic E-state index is 9.76. The Morgan fingerprint density at radius 2 is 1.33 bits per heavy atom. The minimum atomic E-state index is -1.35. The molecule has 0 saturated carbocycles. The molecule has 0 aliphatic carbocycles. The van der Waals surface area contributed by atoms with E-state index in [2.05, 4.69) is 81.4 Å². The molecule has 3 aromatic carbocycles. The Balaban J connectivity index is 1.90. The van der Waals surface area contributed by atoms with Gasteiger partial charge >= 0.3 is 0 Å². The second-order valence-electron chi connectivity index (χ2n) is 7.74. The molecule has 1 N–H and O–H groups in total. The molecule has 0 bridgehead atoms. The molecule has 3 aromatic rings. The van der Waals surface area contributed by atoms with Crippen LogP contribution in [-0.2, 0) is 23.1 Å². The Labute approximate surface area is 164 Å². The first-order chi connectivity index (χ1) is 13.0. The number of rotatable bonds is 6. The van der Waals surface area contributed by atoms with E-state index < -0.39 is 9.04 Å². The molecule has 0 heterocycles. The van der Waals surface area contributed by atoms with Crippen molar-refractivity contribution in [3.63, 3.8) is 0 Å². The Hall–Kier alpha value is -2.20. The van der Waals surface area contributed by atoms with Gasteiger partial charge in [-0.15, -0.1) is 0 Å². The summed E-state index contributed by atoms with van der Waals surface area (Å²) in [4.78, 5) is 0. The van der Waals surface area contributed by atoms with Gasteiger partial charge in [-0.1, -0.05) is 99.6 Å². The van der Waals surface area contributed by atoms with Crippen LogP contribution in [0.4, 0.5) is 0 Å². The van der Waals surface area contributed by atoms with Gasteiger partial charge in [-0.3, -0.25) is 0 Å². The summed E-state index contributed by atoms with van der Waals surface area (Å²) in [6.07, 6.45) is 0. The normalized spacial score (nSPS) is 11.7. The molecule has 3 rings (SSSR count). The molecule has 0 fully saturated rings. The van der Waals surface area contributed by atoms with E-state index in [-0.39, 0.29) is 12.0 Å². The smallest absolute Gasteiger partial charge is 0.283 e. The number of hydrogen-bond donors (Lipinski definition) is 1. The number of aliphatic hydroxyl groups is 1. The summed E-state index contributed by atoms with van der Waals surface area (Å²) in [5, 5.41) is 12.2. The number of aliphatic hydroxyl groups excluding tert-OH is 1. The van der Waals surface area contributed by atoms with Gasteiger partial charge in [0, 0.05) is 0 Å². The van der Waals surface area contributed by atoms with Crippen molar-refractivity contribution in [2.45, 2.75) is 39.4 Å². The SMILES string of the molecule is CC(C)(C)c1ccc(CO)c(CO[Si](c2ccccc2)c2ccccc2)c1. The van der Waals surface area contributed by atoms with E-state index in [4.69, 9.17) is 4.43 Å². The van der Waals surface area contributed by atoms with E-state index in [9.17, 15) is 5.11 Å². The van der Waals surface area contributed by atoms with Crippen molar-refractivity contribution < 1.29 is 9.53 Å². The fourth-order valence-electron chi connectivity index (χ4n) is 3.04. The van der Waals surface area contributed by atoms with Crippen LogP contribution in [0.3, 0.4) is 0 Å². The molecule has 0 aliphatic rings. The zero-order valence-electron chi connectivity index (χ0n) is 16.3. The van der Waals surface area contributed by atoms with Crippen LogP contribution in [0.1, 0.15) is 37.5 Å². The van der Waals surface area contributed by atoms with Gasteiger partial charge in [0.2, 0.25) is 0 Å². The summed E-state index contributed by atoms with van der Waals surface area (Å²) in [5.41, 5.74) is 3.33. The molecule has 0 amide bonds. The molecule has 1 radical (unpaired) electrons. The Morgan fingerprint density at radius 3 is 1.81 bits per heavy atom. The zero-order chi connectivity index (χ0) is 19.3. The van der Waals surface area contributed by atoms with Crippen LogP contribution in [0.2, 0.25) is 0 Å². The van der Waals surface area contributed by atoms with Crippen molar-refractivity contribution in [3.8, 4) is 0 Å². The van der Waals surface area contributed by atoms with Crippen molar-refractivity contribution in [2.75, 3.05) is 0 Å². The van der Waals surface area contributed by atoms with E-state index in [1.807, 2.05) is 18.2 Å². The molecule has 0 spiro atoms. The zero-order valence-corrected chi connectivity index (χ0v) is 17.3. The second kappa shape index (κ2) is 8.66.